The quantitative estimate of drug-likeness (QED) is 0.626. The molecule has 1 heterocycles. The Bertz CT molecular complexity index is 327. The normalized spacial score (nSPS) is 24.4. The summed E-state index contributed by atoms with van der Waals surface area (Å²) in [5.74, 6) is -1.19. The fourth-order valence-electron chi connectivity index (χ4n) is 1.78. The van der Waals surface area contributed by atoms with E-state index >= 15 is 0 Å². The highest BCUT2D eigenvalue weighted by atomic mass is 16.4. The zero-order chi connectivity index (χ0) is 13.0. The number of amides is 2. The van der Waals surface area contributed by atoms with Crippen LogP contribution in [0.25, 0.3) is 0 Å². The Morgan fingerprint density at radius 1 is 1.24 bits per heavy atom. The summed E-state index contributed by atoms with van der Waals surface area (Å²) in [5.41, 5.74) is 0. The predicted octanol–water partition coefficient (Wildman–Crippen LogP) is -0.119. The standard InChI is InChI=1S/C11H18N2O4/c1-6(2)5-8-11(17)12-7(10(16)13-8)3-4-9(14)15/h6-8H,3-5H2,1-2H3,(H,12,17)(H,13,16)(H,14,15)/t7-,8-/m1/s1. The summed E-state index contributed by atoms with van der Waals surface area (Å²) in [7, 11) is 0. The number of carboxylic acid groups (broad SMARTS) is 1. The molecule has 1 saturated heterocycles. The van der Waals surface area contributed by atoms with Crippen LogP contribution >= 0.6 is 0 Å². The van der Waals surface area contributed by atoms with Gasteiger partial charge in [0, 0.05) is 6.42 Å². The summed E-state index contributed by atoms with van der Waals surface area (Å²) < 4.78 is 0. The average molecular weight is 242 g/mol. The van der Waals surface area contributed by atoms with Crippen LogP contribution in [-0.2, 0) is 14.4 Å². The van der Waals surface area contributed by atoms with Crippen molar-refractivity contribution < 1.29 is 19.5 Å². The Kier molecular flexibility index (Phi) is 4.48. The number of rotatable bonds is 5. The number of hydrogen-bond donors (Lipinski definition) is 3. The topological polar surface area (TPSA) is 95.5 Å². The summed E-state index contributed by atoms with van der Waals surface area (Å²) >= 11 is 0. The molecular formula is C11H18N2O4. The number of carboxylic acids is 1. The van der Waals surface area contributed by atoms with Crippen LogP contribution in [0.1, 0.15) is 33.1 Å². The van der Waals surface area contributed by atoms with Crippen molar-refractivity contribution >= 4 is 17.8 Å². The van der Waals surface area contributed by atoms with E-state index in [1.165, 1.54) is 0 Å². The zero-order valence-electron chi connectivity index (χ0n) is 10.0. The second-order valence-electron chi connectivity index (χ2n) is 4.68. The fraction of sp³-hybridized carbons (Fsp3) is 0.727. The van der Waals surface area contributed by atoms with E-state index in [2.05, 4.69) is 10.6 Å². The van der Waals surface area contributed by atoms with Crippen molar-refractivity contribution in [2.24, 2.45) is 5.92 Å². The molecule has 0 aliphatic carbocycles. The van der Waals surface area contributed by atoms with Crippen molar-refractivity contribution in [1.82, 2.24) is 10.6 Å². The molecule has 0 unspecified atom stereocenters. The van der Waals surface area contributed by atoms with E-state index in [1.807, 2.05) is 13.8 Å². The van der Waals surface area contributed by atoms with Gasteiger partial charge in [-0.15, -0.1) is 0 Å². The molecule has 0 radical (unpaired) electrons. The largest absolute Gasteiger partial charge is 0.481 e. The van der Waals surface area contributed by atoms with Gasteiger partial charge in [-0.1, -0.05) is 13.8 Å². The second-order valence-corrected chi connectivity index (χ2v) is 4.68. The molecule has 6 nitrogen and oxygen atoms in total. The number of nitrogens with one attached hydrogen (secondary N) is 2. The monoisotopic (exact) mass is 242 g/mol. The molecule has 6 heteroatoms. The lowest BCUT2D eigenvalue weighted by Gasteiger charge is -2.30. The molecule has 2 amide bonds. The van der Waals surface area contributed by atoms with Gasteiger partial charge in [0.25, 0.3) is 0 Å². The smallest absolute Gasteiger partial charge is 0.303 e. The summed E-state index contributed by atoms with van der Waals surface area (Å²) in [6, 6.07) is -1.22. The molecule has 1 aliphatic rings. The van der Waals surface area contributed by atoms with Crippen LogP contribution in [0, 0.1) is 5.92 Å². The summed E-state index contributed by atoms with van der Waals surface area (Å²) in [5, 5.41) is 13.7. The van der Waals surface area contributed by atoms with E-state index in [0.29, 0.717) is 12.3 Å². The molecule has 3 N–H and O–H groups in total. The molecule has 0 saturated carbocycles. The highest BCUT2D eigenvalue weighted by Crippen LogP contribution is 2.10. The van der Waals surface area contributed by atoms with Crippen LogP contribution in [0.2, 0.25) is 0 Å². The minimum absolute atomic E-state index is 0.126. The molecule has 0 aromatic carbocycles. The molecule has 96 valence electrons. The average Bonchev–Trinajstić information content (AvgIpc) is 2.20. The molecule has 2 atom stereocenters. The highest BCUT2D eigenvalue weighted by molar-refractivity contribution is 5.97. The van der Waals surface area contributed by atoms with E-state index in [4.69, 9.17) is 5.11 Å². The molecule has 0 spiro atoms. The van der Waals surface area contributed by atoms with Gasteiger partial charge >= 0.3 is 5.97 Å². The third kappa shape index (κ3) is 4.05. The number of aliphatic carboxylic acids is 1. The molecule has 0 aromatic rings. The SMILES string of the molecule is CC(C)C[C@H]1NC(=O)[C@@H](CCC(=O)O)NC1=O. The third-order valence-corrected chi connectivity index (χ3v) is 2.62. The highest BCUT2D eigenvalue weighted by Gasteiger charge is 2.33. The molecule has 0 aromatic heterocycles. The minimum Gasteiger partial charge on any atom is -0.481 e. The van der Waals surface area contributed by atoms with Gasteiger partial charge in [-0.2, -0.15) is 0 Å². The first-order valence-electron chi connectivity index (χ1n) is 5.72. The summed E-state index contributed by atoms with van der Waals surface area (Å²) in [6.45, 7) is 3.94. The van der Waals surface area contributed by atoms with Crippen LogP contribution in [0.15, 0.2) is 0 Å². The molecule has 17 heavy (non-hydrogen) atoms. The van der Waals surface area contributed by atoms with Crippen molar-refractivity contribution in [1.29, 1.82) is 0 Å². The molecule has 1 fully saturated rings. The van der Waals surface area contributed by atoms with Gasteiger partial charge in [0.15, 0.2) is 0 Å². The zero-order valence-corrected chi connectivity index (χ0v) is 10.0. The Morgan fingerprint density at radius 3 is 2.29 bits per heavy atom. The lowest BCUT2D eigenvalue weighted by molar-refractivity contribution is -0.140. The predicted molar refractivity (Wildman–Crippen MR) is 60.2 cm³/mol. The van der Waals surface area contributed by atoms with Gasteiger partial charge in [-0.25, -0.2) is 0 Å². The van der Waals surface area contributed by atoms with Gasteiger partial charge in [0.05, 0.1) is 0 Å². The minimum atomic E-state index is -0.976. The maximum atomic E-state index is 11.7. The Balaban J connectivity index is 2.52. The van der Waals surface area contributed by atoms with Crippen LogP contribution in [0.4, 0.5) is 0 Å². The Morgan fingerprint density at radius 2 is 1.76 bits per heavy atom. The number of carbonyl (C=O) groups excluding carboxylic acids is 2. The van der Waals surface area contributed by atoms with Gasteiger partial charge in [0.2, 0.25) is 11.8 Å². The van der Waals surface area contributed by atoms with E-state index in [1.54, 1.807) is 0 Å². The first kappa shape index (κ1) is 13.5. The maximum absolute atomic E-state index is 11.7. The van der Waals surface area contributed by atoms with Crippen molar-refractivity contribution in [3.05, 3.63) is 0 Å². The molecular weight excluding hydrogens is 224 g/mol. The lowest BCUT2D eigenvalue weighted by atomic mass is 9.99. The number of piperazine rings is 1. The van der Waals surface area contributed by atoms with E-state index < -0.39 is 18.1 Å². The van der Waals surface area contributed by atoms with Crippen LogP contribution < -0.4 is 10.6 Å². The number of carbonyl (C=O) groups is 3. The molecule has 0 bridgehead atoms. The molecule has 1 aliphatic heterocycles. The van der Waals surface area contributed by atoms with Crippen molar-refractivity contribution in [3.63, 3.8) is 0 Å². The fourth-order valence-corrected chi connectivity index (χ4v) is 1.78. The molecule has 1 rings (SSSR count). The van der Waals surface area contributed by atoms with Crippen LogP contribution in [0.5, 0.6) is 0 Å². The van der Waals surface area contributed by atoms with E-state index in [-0.39, 0.29) is 24.7 Å². The first-order chi connectivity index (χ1) is 7.90. The maximum Gasteiger partial charge on any atom is 0.303 e. The summed E-state index contributed by atoms with van der Waals surface area (Å²) in [4.78, 5) is 33.7. The van der Waals surface area contributed by atoms with Crippen molar-refractivity contribution in [3.8, 4) is 0 Å². The van der Waals surface area contributed by atoms with E-state index in [9.17, 15) is 14.4 Å². The van der Waals surface area contributed by atoms with Gasteiger partial charge in [0.1, 0.15) is 12.1 Å². The summed E-state index contributed by atoms with van der Waals surface area (Å²) in [6.07, 6.45) is 0.581. The lowest BCUT2D eigenvalue weighted by Crippen LogP contribution is -2.61. The van der Waals surface area contributed by atoms with Crippen LogP contribution in [-0.4, -0.2) is 35.0 Å². The van der Waals surface area contributed by atoms with Crippen molar-refractivity contribution in [2.75, 3.05) is 0 Å². The van der Waals surface area contributed by atoms with Crippen LogP contribution in [0.3, 0.4) is 0 Å². The number of hydrogen-bond acceptors (Lipinski definition) is 3. The van der Waals surface area contributed by atoms with Gasteiger partial charge < -0.3 is 15.7 Å². The second kappa shape index (κ2) is 5.65. The first-order valence-corrected chi connectivity index (χ1v) is 5.72. The third-order valence-electron chi connectivity index (χ3n) is 2.62. The Hall–Kier alpha value is -1.59. The van der Waals surface area contributed by atoms with E-state index in [0.717, 1.165) is 0 Å². The Labute approximate surface area is 99.8 Å². The van der Waals surface area contributed by atoms with Crippen molar-refractivity contribution in [2.45, 2.75) is 45.2 Å². The van der Waals surface area contributed by atoms with Gasteiger partial charge in [-0.3, -0.25) is 14.4 Å². The van der Waals surface area contributed by atoms with Gasteiger partial charge in [-0.05, 0) is 18.8 Å².